The van der Waals surface area contributed by atoms with Crippen LogP contribution in [0.5, 0.6) is 0 Å². The second-order valence-electron chi connectivity index (χ2n) is 5.32. The van der Waals surface area contributed by atoms with Crippen molar-refractivity contribution in [2.75, 3.05) is 19.8 Å². The van der Waals surface area contributed by atoms with Gasteiger partial charge in [-0.25, -0.2) is 0 Å². The molecule has 24 heavy (non-hydrogen) atoms. The van der Waals surface area contributed by atoms with Gasteiger partial charge in [0.25, 0.3) is 0 Å². The molecule has 0 aromatic heterocycles. The SMILES string of the molecule is CCOP(=O)(OCC)C(C)C(NCCc1ccccc1)C(F)(F)F. The smallest absolute Gasteiger partial charge is 0.309 e. The lowest BCUT2D eigenvalue weighted by Gasteiger charge is -2.32. The van der Waals surface area contributed by atoms with Crippen LogP contribution in [-0.2, 0) is 20.0 Å². The molecule has 1 aromatic rings. The van der Waals surface area contributed by atoms with E-state index in [-0.39, 0.29) is 19.8 Å². The van der Waals surface area contributed by atoms with Crippen molar-refractivity contribution in [1.82, 2.24) is 5.32 Å². The standard InChI is InChI=1S/C16H25F3NO3P/c1-4-22-24(21,23-5-2)13(3)15(16(17,18)19)20-12-11-14-9-7-6-8-10-14/h6-10,13,15,20H,4-5,11-12H2,1-3H3. The molecule has 0 heterocycles. The first-order valence-electron chi connectivity index (χ1n) is 7.97. The molecule has 2 atom stereocenters. The molecule has 0 radical (unpaired) electrons. The fourth-order valence-electron chi connectivity index (χ4n) is 2.39. The average molecular weight is 367 g/mol. The van der Waals surface area contributed by atoms with Crippen LogP contribution in [0.3, 0.4) is 0 Å². The summed E-state index contributed by atoms with van der Waals surface area (Å²) in [6.07, 6.45) is -4.12. The zero-order valence-electron chi connectivity index (χ0n) is 14.2. The van der Waals surface area contributed by atoms with Crippen molar-refractivity contribution in [2.45, 2.75) is 45.1 Å². The van der Waals surface area contributed by atoms with Crippen LogP contribution in [0.15, 0.2) is 30.3 Å². The predicted molar refractivity (Wildman–Crippen MR) is 88.3 cm³/mol. The van der Waals surface area contributed by atoms with Gasteiger partial charge in [0.05, 0.1) is 18.9 Å². The maximum Gasteiger partial charge on any atom is 0.404 e. The molecule has 0 aliphatic heterocycles. The van der Waals surface area contributed by atoms with Crippen LogP contribution in [0.2, 0.25) is 0 Å². The number of hydrogen-bond donors (Lipinski definition) is 1. The summed E-state index contributed by atoms with van der Waals surface area (Å²) in [6.45, 7) is 4.55. The van der Waals surface area contributed by atoms with E-state index in [2.05, 4.69) is 5.32 Å². The van der Waals surface area contributed by atoms with Crippen molar-refractivity contribution in [1.29, 1.82) is 0 Å². The third-order valence-corrected chi connectivity index (χ3v) is 6.10. The van der Waals surface area contributed by atoms with Gasteiger partial charge in [-0.2, -0.15) is 13.2 Å². The zero-order valence-corrected chi connectivity index (χ0v) is 15.1. The molecule has 0 saturated heterocycles. The van der Waals surface area contributed by atoms with E-state index in [9.17, 15) is 17.7 Å². The Morgan fingerprint density at radius 3 is 2.12 bits per heavy atom. The predicted octanol–water partition coefficient (Wildman–Crippen LogP) is 4.40. The van der Waals surface area contributed by atoms with Crippen LogP contribution >= 0.6 is 7.60 Å². The summed E-state index contributed by atoms with van der Waals surface area (Å²) in [7, 11) is -3.86. The minimum absolute atomic E-state index is 0.0240. The molecule has 0 saturated carbocycles. The lowest BCUT2D eigenvalue weighted by molar-refractivity contribution is -0.156. The highest BCUT2D eigenvalue weighted by Crippen LogP contribution is 2.55. The van der Waals surface area contributed by atoms with Gasteiger partial charge in [0.1, 0.15) is 6.04 Å². The van der Waals surface area contributed by atoms with Crippen molar-refractivity contribution in [3.8, 4) is 0 Å². The van der Waals surface area contributed by atoms with Gasteiger partial charge in [-0.3, -0.25) is 4.57 Å². The van der Waals surface area contributed by atoms with Gasteiger partial charge in [-0.15, -0.1) is 0 Å². The molecule has 0 amide bonds. The molecule has 4 nitrogen and oxygen atoms in total. The van der Waals surface area contributed by atoms with Gasteiger partial charge in [-0.1, -0.05) is 30.3 Å². The van der Waals surface area contributed by atoms with E-state index in [1.807, 2.05) is 30.3 Å². The minimum Gasteiger partial charge on any atom is -0.309 e. The summed E-state index contributed by atoms with van der Waals surface area (Å²) < 4.78 is 63.0. The van der Waals surface area contributed by atoms with E-state index in [4.69, 9.17) is 9.05 Å². The quantitative estimate of drug-likeness (QED) is 0.623. The van der Waals surface area contributed by atoms with Gasteiger partial charge >= 0.3 is 13.8 Å². The van der Waals surface area contributed by atoms with Crippen molar-refractivity contribution >= 4 is 7.60 Å². The molecule has 0 aliphatic carbocycles. The molecular weight excluding hydrogens is 342 g/mol. The molecule has 1 aromatic carbocycles. The Hall–Kier alpha value is -0.880. The van der Waals surface area contributed by atoms with E-state index in [1.165, 1.54) is 6.92 Å². The molecule has 0 fully saturated rings. The van der Waals surface area contributed by atoms with E-state index in [1.54, 1.807) is 13.8 Å². The van der Waals surface area contributed by atoms with Crippen molar-refractivity contribution < 1.29 is 26.8 Å². The second-order valence-corrected chi connectivity index (χ2v) is 7.74. The van der Waals surface area contributed by atoms with Crippen LogP contribution < -0.4 is 5.32 Å². The van der Waals surface area contributed by atoms with Crippen molar-refractivity contribution in [3.63, 3.8) is 0 Å². The Bertz CT molecular complexity index is 515. The summed E-state index contributed by atoms with van der Waals surface area (Å²) in [5, 5.41) is 2.47. The van der Waals surface area contributed by atoms with Gasteiger partial charge < -0.3 is 14.4 Å². The van der Waals surface area contributed by atoms with Crippen LogP contribution in [0.1, 0.15) is 26.3 Å². The first-order chi connectivity index (χ1) is 11.2. The molecular formula is C16H25F3NO3P. The summed E-state index contributed by atoms with van der Waals surface area (Å²) in [5.41, 5.74) is -0.412. The van der Waals surface area contributed by atoms with Gasteiger partial charge in [0.2, 0.25) is 0 Å². The number of rotatable bonds is 10. The van der Waals surface area contributed by atoms with Crippen LogP contribution in [0.25, 0.3) is 0 Å². The fourth-order valence-corrected chi connectivity index (χ4v) is 4.30. The molecule has 1 rings (SSSR count). The summed E-state index contributed by atoms with van der Waals surface area (Å²) >= 11 is 0. The van der Waals surface area contributed by atoms with E-state index in [0.29, 0.717) is 6.42 Å². The van der Waals surface area contributed by atoms with Gasteiger partial charge in [0.15, 0.2) is 0 Å². The van der Waals surface area contributed by atoms with E-state index in [0.717, 1.165) is 5.56 Å². The molecule has 1 N–H and O–H groups in total. The lowest BCUT2D eigenvalue weighted by atomic mass is 10.1. The molecule has 0 aliphatic rings. The molecule has 0 bridgehead atoms. The fraction of sp³-hybridized carbons (Fsp3) is 0.625. The number of nitrogens with one attached hydrogen (secondary N) is 1. The molecule has 0 spiro atoms. The Morgan fingerprint density at radius 1 is 1.12 bits per heavy atom. The van der Waals surface area contributed by atoms with Crippen LogP contribution in [0.4, 0.5) is 13.2 Å². The van der Waals surface area contributed by atoms with Crippen molar-refractivity contribution in [3.05, 3.63) is 35.9 Å². The Labute approximate surface area is 141 Å². The number of hydrogen-bond acceptors (Lipinski definition) is 4. The van der Waals surface area contributed by atoms with Crippen molar-refractivity contribution in [2.24, 2.45) is 0 Å². The number of alkyl halides is 3. The van der Waals surface area contributed by atoms with Crippen LogP contribution in [0, 0.1) is 0 Å². The monoisotopic (exact) mass is 367 g/mol. The minimum atomic E-state index is -4.56. The molecule has 138 valence electrons. The Morgan fingerprint density at radius 2 is 1.67 bits per heavy atom. The second kappa shape index (κ2) is 9.56. The first kappa shape index (κ1) is 21.2. The third-order valence-electron chi connectivity index (χ3n) is 3.57. The molecule has 8 heteroatoms. The van der Waals surface area contributed by atoms with Gasteiger partial charge in [0, 0.05) is 0 Å². The van der Waals surface area contributed by atoms with Crippen LogP contribution in [-0.4, -0.2) is 37.6 Å². The van der Waals surface area contributed by atoms with E-state index < -0.39 is 25.5 Å². The third kappa shape index (κ3) is 6.20. The highest BCUT2D eigenvalue weighted by atomic mass is 31.2. The highest BCUT2D eigenvalue weighted by Gasteiger charge is 2.50. The first-order valence-corrected chi connectivity index (χ1v) is 9.58. The largest absolute Gasteiger partial charge is 0.404 e. The lowest BCUT2D eigenvalue weighted by Crippen LogP contribution is -2.50. The van der Waals surface area contributed by atoms with E-state index >= 15 is 0 Å². The average Bonchev–Trinajstić information content (AvgIpc) is 2.51. The molecule has 2 unspecified atom stereocenters. The Kier molecular flexibility index (Phi) is 8.43. The van der Waals surface area contributed by atoms with Gasteiger partial charge in [-0.05, 0) is 39.3 Å². The summed E-state index contributed by atoms with van der Waals surface area (Å²) in [5.74, 6) is 0. The normalized spacial score (nSPS) is 15.2. The zero-order chi connectivity index (χ0) is 18.2. The number of benzene rings is 1. The topological polar surface area (TPSA) is 47.6 Å². The maximum absolute atomic E-state index is 13.4. The summed E-state index contributed by atoms with van der Waals surface area (Å²) in [6, 6.07) is 7.23. The number of halogens is 3. The maximum atomic E-state index is 13.4. The highest BCUT2D eigenvalue weighted by molar-refractivity contribution is 7.54. The Balaban J connectivity index is 2.82. The summed E-state index contributed by atoms with van der Waals surface area (Å²) in [4.78, 5) is 0.